The van der Waals surface area contributed by atoms with Gasteiger partial charge >= 0.3 is 0 Å². The van der Waals surface area contributed by atoms with Gasteiger partial charge in [0.1, 0.15) is 11.9 Å². The lowest BCUT2D eigenvalue weighted by molar-refractivity contribution is -0.141. The summed E-state index contributed by atoms with van der Waals surface area (Å²) in [4.78, 5) is 35.4. The Morgan fingerprint density at radius 2 is 1.70 bits per heavy atom. The number of methoxy groups -OCH3 is 1. The Labute approximate surface area is 257 Å². The second-order valence-corrected chi connectivity index (χ2v) is 11.3. The van der Waals surface area contributed by atoms with Gasteiger partial charge in [0.25, 0.3) is 5.91 Å². The summed E-state index contributed by atoms with van der Waals surface area (Å²) in [6, 6.07) is 11.4. The molecule has 1 atom stereocenters. The molecular weight excluding hydrogens is 564 g/mol. The van der Waals surface area contributed by atoms with Gasteiger partial charge in [-0.05, 0) is 68.0 Å². The second-order valence-electron chi connectivity index (χ2n) is 11.3. The molecule has 2 bridgehead atoms. The number of rotatable bonds is 4. The van der Waals surface area contributed by atoms with Gasteiger partial charge in [-0.25, -0.2) is 4.98 Å². The Bertz CT molecular complexity index is 1450. The number of ether oxygens (including phenoxy) is 5. The molecule has 3 aliphatic rings. The summed E-state index contributed by atoms with van der Waals surface area (Å²) in [6.45, 7) is 4.11. The first-order chi connectivity index (χ1) is 21.6. The number of carbonyl (C=O) groups excluding carboxylic acids is 2. The van der Waals surface area contributed by atoms with Crippen LogP contribution in [0.3, 0.4) is 0 Å². The van der Waals surface area contributed by atoms with Gasteiger partial charge in [-0.3, -0.25) is 9.59 Å². The molecule has 1 aromatic heterocycles. The fraction of sp³-hybridized carbons (Fsp3) is 0.485. The van der Waals surface area contributed by atoms with Crippen molar-refractivity contribution >= 4 is 11.8 Å². The van der Waals surface area contributed by atoms with Gasteiger partial charge in [0.15, 0.2) is 23.0 Å². The largest absolute Gasteiger partial charge is 0.493 e. The smallest absolute Gasteiger partial charge is 0.251 e. The van der Waals surface area contributed by atoms with Crippen LogP contribution < -0.4 is 18.9 Å². The van der Waals surface area contributed by atoms with Gasteiger partial charge in [-0.2, -0.15) is 0 Å². The molecule has 11 heteroatoms. The molecule has 3 aromatic rings. The Hall–Kier alpha value is -4.25. The molecule has 1 saturated heterocycles. The van der Waals surface area contributed by atoms with E-state index in [1.165, 1.54) is 0 Å². The van der Waals surface area contributed by atoms with Crippen LogP contribution >= 0.6 is 0 Å². The summed E-state index contributed by atoms with van der Waals surface area (Å²) in [7, 11) is 1.62. The molecule has 4 heterocycles. The van der Waals surface area contributed by atoms with E-state index in [4.69, 9.17) is 23.7 Å². The second kappa shape index (κ2) is 14.0. The molecule has 11 nitrogen and oxygen atoms in total. The van der Waals surface area contributed by atoms with Crippen molar-refractivity contribution in [1.82, 2.24) is 19.4 Å². The van der Waals surface area contributed by atoms with E-state index in [0.29, 0.717) is 75.4 Å². The van der Waals surface area contributed by atoms with Gasteiger partial charge in [-0.1, -0.05) is 6.07 Å². The highest BCUT2D eigenvalue weighted by Crippen LogP contribution is 2.34. The molecule has 0 aliphatic carbocycles. The zero-order chi connectivity index (χ0) is 30.3. The molecule has 1 fully saturated rings. The number of hydrogen-bond donors (Lipinski definition) is 0. The van der Waals surface area contributed by atoms with E-state index in [1.54, 1.807) is 13.3 Å². The summed E-state index contributed by atoms with van der Waals surface area (Å²) in [5.74, 6) is 3.50. The number of benzene rings is 2. The van der Waals surface area contributed by atoms with Gasteiger partial charge in [0, 0.05) is 57.3 Å². The third kappa shape index (κ3) is 6.93. The highest BCUT2D eigenvalue weighted by atomic mass is 16.7. The SMILES string of the molecule is COc1ccc2cc1OCCCN(C(=O)Cc1ccc3c(c1)OCO3)CCCCN(C(=O)[C@H]1CCCO1)CCn1ccnc1-2. The molecule has 0 saturated carbocycles. The van der Waals surface area contributed by atoms with E-state index in [0.717, 1.165) is 42.6 Å². The molecule has 0 unspecified atom stereocenters. The lowest BCUT2D eigenvalue weighted by Crippen LogP contribution is -2.41. The van der Waals surface area contributed by atoms with Crippen LogP contribution in [0.2, 0.25) is 0 Å². The molecule has 234 valence electrons. The van der Waals surface area contributed by atoms with Crippen LogP contribution in [-0.4, -0.2) is 90.6 Å². The van der Waals surface area contributed by atoms with Crippen LogP contribution in [0.4, 0.5) is 0 Å². The van der Waals surface area contributed by atoms with Gasteiger partial charge in [-0.15, -0.1) is 0 Å². The maximum Gasteiger partial charge on any atom is 0.251 e. The Balaban J connectivity index is 1.21. The first-order valence-electron chi connectivity index (χ1n) is 15.5. The van der Waals surface area contributed by atoms with Crippen molar-refractivity contribution in [3.8, 4) is 34.4 Å². The number of aromatic nitrogens is 2. The third-order valence-corrected chi connectivity index (χ3v) is 8.35. The zero-order valence-corrected chi connectivity index (χ0v) is 25.2. The van der Waals surface area contributed by atoms with E-state index >= 15 is 0 Å². The minimum absolute atomic E-state index is 0.0398. The third-order valence-electron chi connectivity index (χ3n) is 8.35. The fourth-order valence-electron chi connectivity index (χ4n) is 5.96. The Morgan fingerprint density at radius 3 is 2.55 bits per heavy atom. The summed E-state index contributed by atoms with van der Waals surface area (Å²) in [5, 5.41) is 0. The molecule has 0 N–H and O–H groups in total. The maximum absolute atomic E-state index is 13.5. The topological polar surface area (TPSA) is 105 Å². The van der Waals surface area contributed by atoms with Crippen LogP contribution in [0.15, 0.2) is 48.8 Å². The van der Waals surface area contributed by atoms with Crippen molar-refractivity contribution < 1.29 is 33.3 Å². The number of amides is 2. The zero-order valence-electron chi connectivity index (χ0n) is 25.2. The monoisotopic (exact) mass is 604 g/mol. The lowest BCUT2D eigenvalue weighted by Gasteiger charge is -2.27. The number of carbonyl (C=O) groups is 2. The van der Waals surface area contributed by atoms with E-state index in [-0.39, 0.29) is 31.1 Å². The molecule has 0 radical (unpaired) electrons. The van der Waals surface area contributed by atoms with E-state index in [9.17, 15) is 9.59 Å². The molecule has 3 aliphatic heterocycles. The molecule has 44 heavy (non-hydrogen) atoms. The predicted molar refractivity (Wildman–Crippen MR) is 162 cm³/mol. The number of imidazole rings is 1. The fourth-order valence-corrected chi connectivity index (χ4v) is 5.96. The number of nitrogens with zero attached hydrogens (tertiary/aromatic N) is 4. The van der Waals surface area contributed by atoms with Crippen LogP contribution in [-0.2, 0) is 27.3 Å². The van der Waals surface area contributed by atoms with Crippen LogP contribution in [0, 0.1) is 0 Å². The molecule has 2 amide bonds. The molecule has 2 aromatic carbocycles. The van der Waals surface area contributed by atoms with Crippen molar-refractivity contribution in [3.05, 3.63) is 54.4 Å². The van der Waals surface area contributed by atoms with Crippen LogP contribution in [0.1, 0.15) is 37.7 Å². The minimum atomic E-state index is -0.382. The van der Waals surface area contributed by atoms with Crippen molar-refractivity contribution in [2.45, 2.75) is 51.2 Å². The average Bonchev–Trinajstić information content (AvgIpc) is 3.83. The standard InChI is InChI=1S/C33H40N4O7/c1-40-26-10-8-25-22-30(26)42-19-5-14-35(31(38)21-24-7-9-27-29(20-24)44-23-43-27)12-2-3-13-37(33(39)28-6-4-18-41-28)17-16-36-15-11-34-32(25)36/h7-11,15,20,22,28H,2-6,12-14,16-19,21,23H2,1H3/t28-/m1/s1. The van der Waals surface area contributed by atoms with E-state index < -0.39 is 0 Å². The maximum atomic E-state index is 13.5. The van der Waals surface area contributed by atoms with E-state index in [1.807, 2.05) is 52.4 Å². The highest BCUT2D eigenvalue weighted by molar-refractivity contribution is 5.81. The number of fused-ring (bicyclic) bond motifs is 5. The summed E-state index contributed by atoms with van der Waals surface area (Å²) in [5.41, 5.74) is 1.78. The first-order valence-corrected chi connectivity index (χ1v) is 15.5. The summed E-state index contributed by atoms with van der Waals surface area (Å²) >= 11 is 0. The highest BCUT2D eigenvalue weighted by Gasteiger charge is 2.28. The quantitative estimate of drug-likeness (QED) is 0.442. The average molecular weight is 605 g/mol. The molecule has 0 spiro atoms. The van der Waals surface area contributed by atoms with Crippen molar-refractivity contribution in [1.29, 1.82) is 0 Å². The van der Waals surface area contributed by atoms with Crippen LogP contribution in [0.25, 0.3) is 11.4 Å². The minimum Gasteiger partial charge on any atom is -0.493 e. The molecular formula is C33H40N4O7. The van der Waals surface area contributed by atoms with Crippen molar-refractivity contribution in [2.24, 2.45) is 0 Å². The molecule has 6 rings (SSSR count). The predicted octanol–water partition coefficient (Wildman–Crippen LogP) is 3.93. The lowest BCUT2D eigenvalue weighted by atomic mass is 10.1. The Kier molecular flexibility index (Phi) is 9.50. The van der Waals surface area contributed by atoms with Gasteiger partial charge in [0.05, 0.1) is 20.1 Å². The van der Waals surface area contributed by atoms with Crippen molar-refractivity contribution in [3.63, 3.8) is 0 Å². The number of hydrogen-bond acceptors (Lipinski definition) is 8. The Morgan fingerprint density at radius 1 is 0.864 bits per heavy atom. The normalized spacial score (nSPS) is 19.2. The summed E-state index contributed by atoms with van der Waals surface area (Å²) < 4.78 is 30.5. The van der Waals surface area contributed by atoms with Crippen molar-refractivity contribution in [2.75, 3.05) is 53.3 Å². The summed E-state index contributed by atoms with van der Waals surface area (Å²) in [6.07, 6.45) is 7.45. The van der Waals surface area contributed by atoms with E-state index in [2.05, 4.69) is 9.55 Å². The first kappa shape index (κ1) is 29.8. The van der Waals surface area contributed by atoms with Gasteiger partial charge < -0.3 is 38.1 Å². The van der Waals surface area contributed by atoms with Crippen LogP contribution in [0.5, 0.6) is 23.0 Å². The van der Waals surface area contributed by atoms with Gasteiger partial charge in [0.2, 0.25) is 12.7 Å².